The maximum absolute atomic E-state index is 5.33. The zero-order valence-electron chi connectivity index (χ0n) is 50.0. The van der Waals surface area contributed by atoms with E-state index in [1.54, 1.807) is 0 Å². The van der Waals surface area contributed by atoms with Crippen molar-refractivity contribution in [2.45, 2.75) is 52.4 Å². The summed E-state index contributed by atoms with van der Waals surface area (Å²) in [5.41, 5.74) is 18.3. The van der Waals surface area contributed by atoms with Gasteiger partial charge in [0, 0.05) is 54.9 Å². The van der Waals surface area contributed by atoms with Crippen molar-refractivity contribution in [2.24, 2.45) is 0 Å². The molecule has 0 saturated heterocycles. The molecule has 0 aliphatic rings. The molecule has 422 valence electrons. The Bertz CT molecular complexity index is 4710. The highest BCUT2D eigenvalue weighted by Gasteiger charge is 2.25. The van der Waals surface area contributed by atoms with Gasteiger partial charge >= 0.3 is 0 Å². The Balaban J connectivity index is 0.947. The van der Waals surface area contributed by atoms with E-state index in [4.69, 9.17) is 29.9 Å². The van der Waals surface area contributed by atoms with Crippen LogP contribution in [0.2, 0.25) is 0 Å². The van der Waals surface area contributed by atoms with Crippen LogP contribution in [0.5, 0.6) is 0 Å². The average molecular weight is 1140 g/mol. The molecule has 0 radical (unpaired) electrons. The third kappa shape index (κ3) is 9.78. The molecule has 0 fully saturated rings. The van der Waals surface area contributed by atoms with Crippen LogP contribution in [0.25, 0.3) is 146 Å². The number of hydrogen-bond acceptors (Lipinski definition) is 6. The van der Waals surface area contributed by atoms with Crippen molar-refractivity contribution in [1.82, 2.24) is 39.0 Å². The normalized spacial score (nSPS) is 12.0. The molecule has 11 aromatic carbocycles. The van der Waals surface area contributed by atoms with E-state index in [0.717, 1.165) is 89.1 Å². The summed E-state index contributed by atoms with van der Waals surface area (Å²) in [6, 6.07) is 94.5. The van der Waals surface area contributed by atoms with Gasteiger partial charge < -0.3 is 9.13 Å². The Morgan fingerprint density at radius 1 is 0.227 bits per heavy atom. The third-order valence-corrected chi connectivity index (χ3v) is 17.0. The number of aromatic nitrogens is 8. The topological polar surface area (TPSA) is 87.2 Å². The summed E-state index contributed by atoms with van der Waals surface area (Å²) in [4.78, 5) is 31.6. The zero-order chi connectivity index (χ0) is 59.7. The van der Waals surface area contributed by atoms with Gasteiger partial charge in [-0.05, 0) is 111 Å². The molecule has 4 heterocycles. The SMILES string of the molecule is CC(C)(C)c1ccc2c(c1)c1ccccc1n2-c1cc(-c2cccc(-c3ccc(-c4nc(-c5ccccc5)nc(-c5ccccc5)n4)c(-n4c5ccccc5c5cc(C(C)(C)C)ccc54)c3)c2)ccc1-c1nc(-c2ccccc2)nc(-c2ccccc2)n1. The minimum atomic E-state index is -0.0503. The van der Waals surface area contributed by atoms with Crippen LogP contribution < -0.4 is 0 Å². The van der Waals surface area contributed by atoms with Gasteiger partial charge in [-0.25, -0.2) is 29.9 Å². The predicted octanol–water partition coefficient (Wildman–Crippen LogP) is 20.2. The molecular weight excluding hydrogens is 1070 g/mol. The van der Waals surface area contributed by atoms with Gasteiger partial charge in [0.05, 0.1) is 33.4 Å². The lowest BCUT2D eigenvalue weighted by atomic mass is 9.86. The summed E-state index contributed by atoms with van der Waals surface area (Å²) < 4.78 is 4.81. The van der Waals surface area contributed by atoms with Gasteiger partial charge in [-0.2, -0.15) is 0 Å². The maximum atomic E-state index is 5.33. The minimum Gasteiger partial charge on any atom is -0.308 e. The Morgan fingerprint density at radius 2 is 0.523 bits per heavy atom. The molecule has 0 bridgehead atoms. The first kappa shape index (κ1) is 53.7. The second-order valence-corrected chi connectivity index (χ2v) is 24.8. The molecule has 0 saturated carbocycles. The molecule has 8 nitrogen and oxygen atoms in total. The largest absolute Gasteiger partial charge is 0.308 e. The summed E-state index contributed by atoms with van der Waals surface area (Å²) in [5.74, 6) is 3.58. The van der Waals surface area contributed by atoms with Gasteiger partial charge in [0.25, 0.3) is 0 Å². The fraction of sp³-hybridized carbons (Fsp3) is 0.100. The van der Waals surface area contributed by atoms with Gasteiger partial charge in [0.1, 0.15) is 0 Å². The van der Waals surface area contributed by atoms with Crippen molar-refractivity contribution in [3.05, 3.63) is 278 Å². The monoisotopic (exact) mass is 1130 g/mol. The number of para-hydroxylation sites is 2. The fourth-order valence-electron chi connectivity index (χ4n) is 12.3. The van der Waals surface area contributed by atoms with E-state index in [1.807, 2.05) is 72.8 Å². The number of fused-ring (bicyclic) bond motifs is 6. The van der Waals surface area contributed by atoms with Crippen LogP contribution in [0.1, 0.15) is 52.7 Å². The highest BCUT2D eigenvalue weighted by molar-refractivity contribution is 6.11. The molecule has 0 aliphatic heterocycles. The molecule has 15 aromatic rings. The first-order valence-electron chi connectivity index (χ1n) is 30.1. The van der Waals surface area contributed by atoms with E-state index >= 15 is 0 Å². The predicted molar refractivity (Wildman–Crippen MR) is 363 cm³/mol. The van der Waals surface area contributed by atoms with E-state index in [0.29, 0.717) is 34.9 Å². The highest BCUT2D eigenvalue weighted by atomic mass is 15.1. The van der Waals surface area contributed by atoms with Crippen LogP contribution in [0.15, 0.2) is 267 Å². The minimum absolute atomic E-state index is 0.0503. The van der Waals surface area contributed by atoms with Crippen molar-refractivity contribution in [2.75, 3.05) is 0 Å². The van der Waals surface area contributed by atoms with E-state index < -0.39 is 0 Å². The van der Waals surface area contributed by atoms with Gasteiger partial charge in [0.15, 0.2) is 34.9 Å². The molecule has 0 atom stereocenters. The molecule has 15 rings (SSSR count). The Labute approximate surface area is 512 Å². The van der Waals surface area contributed by atoms with Gasteiger partial charge in [-0.1, -0.05) is 242 Å². The van der Waals surface area contributed by atoms with Crippen LogP contribution in [-0.4, -0.2) is 39.0 Å². The smallest absolute Gasteiger partial charge is 0.166 e. The van der Waals surface area contributed by atoms with Crippen molar-refractivity contribution in [1.29, 1.82) is 0 Å². The Kier molecular flexibility index (Phi) is 13.1. The van der Waals surface area contributed by atoms with E-state index in [1.165, 1.54) is 32.7 Å². The van der Waals surface area contributed by atoms with Crippen LogP contribution in [-0.2, 0) is 10.8 Å². The second kappa shape index (κ2) is 21.5. The van der Waals surface area contributed by atoms with Gasteiger partial charge in [-0.15, -0.1) is 0 Å². The van der Waals surface area contributed by atoms with Gasteiger partial charge in [-0.3, -0.25) is 0 Å². The standard InChI is InChI=1S/C80H62N8/c1-79(2,3)59-40-44-69-65(49-59)61-34-19-21-36-67(61)87(69)71-47-57(38-42-63(71)77-83-73(51-24-11-7-12-25-51)81-74(84-77)52-26-13-8-14-27-52)55-32-23-33-56(46-55)58-39-43-64(78-85-75(53-28-15-9-16-29-53)82-76(86-78)54-30-17-10-18-31-54)72(48-58)88-68-37-22-20-35-62(68)66-50-60(80(4,5)6)41-45-70(66)88/h7-50H,1-6H3. The van der Waals surface area contributed by atoms with Crippen molar-refractivity contribution in [3.63, 3.8) is 0 Å². The van der Waals surface area contributed by atoms with Crippen molar-refractivity contribution < 1.29 is 0 Å². The summed E-state index contributed by atoms with van der Waals surface area (Å²) in [6.45, 7) is 13.7. The lowest BCUT2D eigenvalue weighted by Gasteiger charge is -2.20. The number of hydrogen-bond donors (Lipinski definition) is 0. The van der Waals surface area contributed by atoms with Crippen LogP contribution in [0.4, 0.5) is 0 Å². The van der Waals surface area contributed by atoms with Gasteiger partial charge in [0.2, 0.25) is 0 Å². The third-order valence-electron chi connectivity index (χ3n) is 17.0. The average Bonchev–Trinajstić information content (AvgIpc) is 2.49. The summed E-state index contributed by atoms with van der Waals surface area (Å²) in [7, 11) is 0. The first-order chi connectivity index (χ1) is 42.9. The van der Waals surface area contributed by atoms with E-state index in [-0.39, 0.29) is 10.8 Å². The molecular formula is C80H62N8. The maximum Gasteiger partial charge on any atom is 0.166 e. The molecule has 0 unspecified atom stereocenters. The fourth-order valence-corrected chi connectivity index (χ4v) is 12.3. The lowest BCUT2D eigenvalue weighted by Crippen LogP contribution is -2.10. The summed E-state index contributed by atoms with van der Waals surface area (Å²) >= 11 is 0. The van der Waals surface area contributed by atoms with Crippen molar-refractivity contribution >= 4 is 43.6 Å². The first-order valence-corrected chi connectivity index (χ1v) is 30.1. The number of nitrogens with zero attached hydrogens (tertiary/aromatic N) is 8. The molecule has 4 aromatic heterocycles. The van der Waals surface area contributed by atoms with E-state index in [9.17, 15) is 0 Å². The molecule has 88 heavy (non-hydrogen) atoms. The quantitative estimate of drug-likeness (QED) is 0.136. The molecule has 0 amide bonds. The van der Waals surface area contributed by atoms with Crippen LogP contribution >= 0.6 is 0 Å². The van der Waals surface area contributed by atoms with Crippen LogP contribution in [0.3, 0.4) is 0 Å². The molecule has 0 aliphatic carbocycles. The van der Waals surface area contributed by atoms with E-state index in [2.05, 4.69) is 245 Å². The number of rotatable bonds is 10. The second-order valence-electron chi connectivity index (χ2n) is 24.8. The highest BCUT2D eigenvalue weighted by Crippen LogP contribution is 2.43. The van der Waals surface area contributed by atoms with Crippen LogP contribution in [0, 0.1) is 0 Å². The van der Waals surface area contributed by atoms with Crippen molar-refractivity contribution in [3.8, 4) is 102 Å². The Morgan fingerprint density at radius 3 is 0.875 bits per heavy atom. The summed E-state index contributed by atoms with van der Waals surface area (Å²) in [6.07, 6.45) is 0. The molecule has 8 heteroatoms. The molecule has 0 spiro atoms. The zero-order valence-corrected chi connectivity index (χ0v) is 50.0. The number of benzene rings is 11. The summed E-state index contributed by atoms with van der Waals surface area (Å²) in [5, 5.41) is 4.73. The lowest BCUT2D eigenvalue weighted by molar-refractivity contribution is 0.591. The molecule has 0 N–H and O–H groups in total. The Hall–Kier alpha value is -11.0.